The third-order valence-corrected chi connectivity index (χ3v) is 4.73. The standard InChI is InChI=1S/C19H28N4O3/c1-15(24)20-16-6-4-7-17(12-16)21-19(25)23-10-5-11-26-18(14-23)13-22-8-2-3-9-22/h4,6-7,12,18H,2-3,5,8-11,13-14H2,1H3,(H,20,24)(H,21,25). The lowest BCUT2D eigenvalue weighted by Crippen LogP contribution is -2.43. The highest BCUT2D eigenvalue weighted by Gasteiger charge is 2.25. The lowest BCUT2D eigenvalue weighted by atomic mass is 10.2. The van der Waals surface area contributed by atoms with Gasteiger partial charge in [-0.1, -0.05) is 6.07 Å². The first-order valence-corrected chi connectivity index (χ1v) is 9.38. The molecule has 2 N–H and O–H groups in total. The molecule has 26 heavy (non-hydrogen) atoms. The van der Waals surface area contributed by atoms with Crippen LogP contribution in [0.5, 0.6) is 0 Å². The van der Waals surface area contributed by atoms with Crippen molar-refractivity contribution in [3.63, 3.8) is 0 Å². The minimum atomic E-state index is -0.136. The van der Waals surface area contributed by atoms with Crippen LogP contribution in [0.4, 0.5) is 16.2 Å². The molecule has 142 valence electrons. The summed E-state index contributed by atoms with van der Waals surface area (Å²) in [6.07, 6.45) is 3.41. The van der Waals surface area contributed by atoms with Gasteiger partial charge in [-0.2, -0.15) is 0 Å². The van der Waals surface area contributed by atoms with Crippen LogP contribution in [0.1, 0.15) is 26.2 Å². The van der Waals surface area contributed by atoms with Crippen LogP contribution in [-0.2, 0) is 9.53 Å². The zero-order valence-electron chi connectivity index (χ0n) is 15.4. The number of rotatable bonds is 4. The lowest BCUT2D eigenvalue weighted by Gasteiger charge is -2.27. The largest absolute Gasteiger partial charge is 0.375 e. The van der Waals surface area contributed by atoms with Gasteiger partial charge in [-0.05, 0) is 50.6 Å². The van der Waals surface area contributed by atoms with Crippen LogP contribution in [0.3, 0.4) is 0 Å². The van der Waals surface area contributed by atoms with Crippen molar-refractivity contribution in [1.29, 1.82) is 0 Å². The highest BCUT2D eigenvalue weighted by Crippen LogP contribution is 2.17. The summed E-state index contributed by atoms with van der Waals surface area (Å²) >= 11 is 0. The van der Waals surface area contributed by atoms with Crippen molar-refractivity contribution in [2.24, 2.45) is 0 Å². The van der Waals surface area contributed by atoms with Gasteiger partial charge in [-0.3, -0.25) is 4.79 Å². The van der Waals surface area contributed by atoms with E-state index in [0.29, 0.717) is 31.1 Å². The number of nitrogens with zero attached hydrogens (tertiary/aromatic N) is 2. The van der Waals surface area contributed by atoms with Gasteiger partial charge >= 0.3 is 6.03 Å². The molecule has 2 aliphatic heterocycles. The fourth-order valence-electron chi connectivity index (χ4n) is 3.52. The summed E-state index contributed by atoms with van der Waals surface area (Å²) in [5.41, 5.74) is 1.34. The molecule has 2 saturated heterocycles. The van der Waals surface area contributed by atoms with E-state index in [1.165, 1.54) is 19.8 Å². The van der Waals surface area contributed by atoms with Gasteiger partial charge in [0.2, 0.25) is 5.91 Å². The van der Waals surface area contributed by atoms with Gasteiger partial charge in [-0.15, -0.1) is 0 Å². The SMILES string of the molecule is CC(=O)Nc1cccc(NC(=O)N2CCCOC(CN3CCCC3)C2)c1. The monoisotopic (exact) mass is 360 g/mol. The van der Waals surface area contributed by atoms with E-state index in [-0.39, 0.29) is 18.0 Å². The zero-order chi connectivity index (χ0) is 18.4. The van der Waals surface area contributed by atoms with Crippen LogP contribution < -0.4 is 10.6 Å². The number of ether oxygens (including phenoxy) is 1. The molecule has 2 heterocycles. The average molecular weight is 360 g/mol. The predicted molar refractivity (Wildman–Crippen MR) is 101 cm³/mol. The van der Waals surface area contributed by atoms with Crippen molar-refractivity contribution in [3.8, 4) is 0 Å². The van der Waals surface area contributed by atoms with E-state index < -0.39 is 0 Å². The van der Waals surface area contributed by atoms with Crippen molar-refractivity contribution in [2.45, 2.75) is 32.3 Å². The molecule has 7 nitrogen and oxygen atoms in total. The summed E-state index contributed by atoms with van der Waals surface area (Å²) in [5.74, 6) is -0.136. The Hall–Kier alpha value is -2.12. The smallest absolute Gasteiger partial charge is 0.321 e. The minimum absolute atomic E-state index is 0.0621. The fourth-order valence-corrected chi connectivity index (χ4v) is 3.52. The highest BCUT2D eigenvalue weighted by atomic mass is 16.5. The second-order valence-electron chi connectivity index (χ2n) is 6.99. The highest BCUT2D eigenvalue weighted by molar-refractivity contribution is 5.92. The number of hydrogen-bond donors (Lipinski definition) is 2. The molecular formula is C19H28N4O3. The van der Waals surface area contributed by atoms with E-state index in [9.17, 15) is 9.59 Å². The molecule has 1 aromatic rings. The van der Waals surface area contributed by atoms with E-state index in [1.807, 2.05) is 17.0 Å². The molecule has 2 fully saturated rings. The third-order valence-electron chi connectivity index (χ3n) is 4.73. The molecule has 0 saturated carbocycles. The number of anilines is 2. The van der Waals surface area contributed by atoms with Crippen molar-refractivity contribution in [3.05, 3.63) is 24.3 Å². The first-order chi connectivity index (χ1) is 12.6. The predicted octanol–water partition coefficient (Wildman–Crippen LogP) is 2.36. The molecule has 3 rings (SSSR count). The van der Waals surface area contributed by atoms with E-state index >= 15 is 0 Å². The molecule has 0 aliphatic carbocycles. The average Bonchev–Trinajstić information content (AvgIpc) is 2.98. The summed E-state index contributed by atoms with van der Waals surface area (Å²) in [7, 11) is 0. The Morgan fingerprint density at radius 3 is 2.58 bits per heavy atom. The normalized spacial score (nSPS) is 21.3. The summed E-state index contributed by atoms with van der Waals surface area (Å²) in [5, 5.41) is 5.66. The first kappa shape index (κ1) is 18.7. The quantitative estimate of drug-likeness (QED) is 0.864. The minimum Gasteiger partial charge on any atom is -0.375 e. The zero-order valence-corrected chi connectivity index (χ0v) is 15.4. The Bertz CT molecular complexity index is 631. The summed E-state index contributed by atoms with van der Waals surface area (Å²) in [4.78, 5) is 28.1. The van der Waals surface area contributed by atoms with Gasteiger partial charge in [0.15, 0.2) is 0 Å². The number of nitrogens with one attached hydrogen (secondary N) is 2. The number of urea groups is 1. The molecule has 1 unspecified atom stereocenters. The maximum Gasteiger partial charge on any atom is 0.321 e. The van der Waals surface area contributed by atoms with Crippen LogP contribution in [0, 0.1) is 0 Å². The molecule has 1 atom stereocenters. The Morgan fingerprint density at radius 1 is 1.12 bits per heavy atom. The summed E-state index contributed by atoms with van der Waals surface area (Å²) < 4.78 is 5.95. The third kappa shape index (κ3) is 5.44. The Balaban J connectivity index is 1.58. The van der Waals surface area contributed by atoms with Gasteiger partial charge in [0.1, 0.15) is 0 Å². The van der Waals surface area contributed by atoms with Crippen molar-refractivity contribution in [2.75, 3.05) is 50.0 Å². The topological polar surface area (TPSA) is 73.9 Å². The number of amides is 3. The lowest BCUT2D eigenvalue weighted by molar-refractivity contribution is -0.114. The number of benzene rings is 1. The van der Waals surface area contributed by atoms with Crippen LogP contribution in [0.2, 0.25) is 0 Å². The van der Waals surface area contributed by atoms with E-state index in [4.69, 9.17) is 4.74 Å². The molecule has 0 radical (unpaired) electrons. The van der Waals surface area contributed by atoms with Crippen LogP contribution in [-0.4, -0.2) is 67.2 Å². The van der Waals surface area contributed by atoms with Crippen LogP contribution >= 0.6 is 0 Å². The van der Waals surface area contributed by atoms with Gasteiger partial charge in [0.25, 0.3) is 0 Å². The number of likely N-dealkylation sites (tertiary alicyclic amines) is 1. The second-order valence-corrected chi connectivity index (χ2v) is 6.99. The van der Waals surface area contributed by atoms with Crippen molar-refractivity contribution in [1.82, 2.24) is 9.80 Å². The Labute approximate surface area is 154 Å². The summed E-state index contributed by atoms with van der Waals surface area (Å²) in [6, 6.07) is 7.06. The first-order valence-electron chi connectivity index (χ1n) is 9.38. The van der Waals surface area contributed by atoms with Crippen LogP contribution in [0.25, 0.3) is 0 Å². The molecule has 0 bridgehead atoms. The molecule has 0 aromatic heterocycles. The Kier molecular flexibility index (Phi) is 6.46. The van der Waals surface area contributed by atoms with E-state index in [2.05, 4.69) is 15.5 Å². The van der Waals surface area contributed by atoms with Gasteiger partial charge in [0, 0.05) is 44.5 Å². The van der Waals surface area contributed by atoms with E-state index in [1.54, 1.807) is 12.1 Å². The molecule has 7 heteroatoms. The molecule has 3 amide bonds. The maximum absolute atomic E-state index is 12.7. The van der Waals surface area contributed by atoms with E-state index in [0.717, 1.165) is 26.1 Å². The van der Waals surface area contributed by atoms with Crippen molar-refractivity contribution >= 4 is 23.3 Å². The summed E-state index contributed by atoms with van der Waals surface area (Å²) in [6.45, 7) is 6.59. The van der Waals surface area contributed by atoms with Gasteiger partial charge in [-0.25, -0.2) is 4.79 Å². The van der Waals surface area contributed by atoms with Gasteiger partial charge < -0.3 is 25.2 Å². The molecule has 0 spiro atoms. The molecule has 1 aromatic carbocycles. The number of hydrogen-bond acceptors (Lipinski definition) is 4. The Morgan fingerprint density at radius 2 is 1.85 bits per heavy atom. The second kappa shape index (κ2) is 9.00. The number of carbonyl (C=O) groups is 2. The van der Waals surface area contributed by atoms with Crippen LogP contribution in [0.15, 0.2) is 24.3 Å². The maximum atomic E-state index is 12.7. The van der Waals surface area contributed by atoms with Crippen molar-refractivity contribution < 1.29 is 14.3 Å². The molecular weight excluding hydrogens is 332 g/mol. The fraction of sp³-hybridized carbons (Fsp3) is 0.579. The van der Waals surface area contributed by atoms with Gasteiger partial charge in [0.05, 0.1) is 6.10 Å². The molecule has 2 aliphatic rings. The number of carbonyl (C=O) groups excluding carboxylic acids is 2.